The number of benzene rings is 2. The maximum atomic E-state index is 14.7. The van der Waals surface area contributed by atoms with Crippen LogP contribution in [0.2, 0.25) is 0 Å². The van der Waals surface area contributed by atoms with Gasteiger partial charge in [0.2, 0.25) is 0 Å². The summed E-state index contributed by atoms with van der Waals surface area (Å²) in [4.78, 5) is 0. The zero-order valence-corrected chi connectivity index (χ0v) is 12.1. The number of halogens is 2. The first kappa shape index (κ1) is 12.8. The first-order chi connectivity index (χ1) is 9.63. The number of nitriles is 1. The highest BCUT2D eigenvalue weighted by Crippen LogP contribution is 2.34. The lowest BCUT2D eigenvalue weighted by Gasteiger charge is -2.09. The molecule has 3 rings (SSSR count). The van der Waals surface area contributed by atoms with Crippen molar-refractivity contribution in [2.24, 2.45) is 7.05 Å². The first-order valence-corrected chi connectivity index (χ1v) is 6.72. The van der Waals surface area contributed by atoms with E-state index in [9.17, 15) is 9.65 Å². The van der Waals surface area contributed by atoms with Gasteiger partial charge in [-0.25, -0.2) is 4.39 Å². The molecule has 20 heavy (non-hydrogen) atoms. The number of aromatic nitrogens is 2. The Morgan fingerprint density at radius 3 is 2.60 bits per heavy atom. The average Bonchev–Trinajstić information content (AvgIpc) is 2.79. The highest BCUT2D eigenvalue weighted by molar-refractivity contribution is 9.10. The number of nitrogens with zero attached hydrogens (tertiary/aromatic N) is 3. The van der Waals surface area contributed by atoms with Crippen LogP contribution < -0.4 is 0 Å². The predicted octanol–water partition coefficient (Wildman–Crippen LogP) is 4.01. The molecule has 0 N–H and O–H groups in total. The summed E-state index contributed by atoms with van der Waals surface area (Å²) in [5, 5.41) is 14.4. The minimum atomic E-state index is -0.344. The molecule has 0 unspecified atom stereocenters. The number of fused-ring (bicyclic) bond motifs is 1. The number of hydrogen-bond donors (Lipinski definition) is 0. The molecule has 5 heteroatoms. The Labute approximate surface area is 123 Å². The van der Waals surface area contributed by atoms with Gasteiger partial charge in [0.15, 0.2) is 0 Å². The van der Waals surface area contributed by atoms with E-state index in [0.29, 0.717) is 32.1 Å². The molecule has 0 aliphatic rings. The monoisotopic (exact) mass is 329 g/mol. The Hall–Kier alpha value is -2.19. The molecule has 3 aromatic rings. The smallest absolute Gasteiger partial charge is 0.140 e. The Bertz CT molecular complexity index is 842. The molecular formula is C15H9BrFN3. The fraction of sp³-hybridized carbons (Fsp3) is 0.0667. The van der Waals surface area contributed by atoms with Gasteiger partial charge in [-0.3, -0.25) is 4.68 Å². The summed E-state index contributed by atoms with van der Waals surface area (Å²) in [5.41, 5.74) is 1.43. The molecular weight excluding hydrogens is 321 g/mol. The van der Waals surface area contributed by atoms with E-state index in [2.05, 4.69) is 27.1 Å². The number of rotatable bonds is 1. The molecule has 1 heterocycles. The van der Waals surface area contributed by atoms with Crippen molar-refractivity contribution in [2.75, 3.05) is 0 Å². The highest BCUT2D eigenvalue weighted by Gasteiger charge is 2.18. The van der Waals surface area contributed by atoms with Crippen LogP contribution in [-0.4, -0.2) is 9.78 Å². The van der Waals surface area contributed by atoms with Gasteiger partial charge in [0.1, 0.15) is 5.82 Å². The summed E-state index contributed by atoms with van der Waals surface area (Å²) in [7, 11) is 1.74. The zero-order valence-electron chi connectivity index (χ0n) is 10.6. The van der Waals surface area contributed by atoms with E-state index < -0.39 is 0 Å². The molecule has 0 aliphatic carbocycles. The van der Waals surface area contributed by atoms with Crippen molar-refractivity contribution in [1.29, 1.82) is 5.26 Å². The van der Waals surface area contributed by atoms with Crippen molar-refractivity contribution in [1.82, 2.24) is 9.78 Å². The van der Waals surface area contributed by atoms with Crippen LogP contribution in [0, 0.1) is 17.1 Å². The van der Waals surface area contributed by atoms with Crippen molar-refractivity contribution < 1.29 is 4.39 Å². The minimum Gasteiger partial charge on any atom is -0.267 e. The lowest BCUT2D eigenvalue weighted by molar-refractivity contribution is 0.639. The van der Waals surface area contributed by atoms with Crippen LogP contribution in [0.25, 0.3) is 22.0 Å². The van der Waals surface area contributed by atoms with E-state index in [1.807, 2.05) is 0 Å². The summed E-state index contributed by atoms with van der Waals surface area (Å²) in [6.07, 6.45) is 1.61. The largest absolute Gasteiger partial charge is 0.267 e. The van der Waals surface area contributed by atoms with Gasteiger partial charge in [-0.15, -0.1) is 0 Å². The second-order valence-corrected chi connectivity index (χ2v) is 5.26. The van der Waals surface area contributed by atoms with E-state index in [4.69, 9.17) is 0 Å². The molecule has 0 radical (unpaired) electrons. The quantitative estimate of drug-likeness (QED) is 0.676. The van der Waals surface area contributed by atoms with Crippen LogP contribution in [0.15, 0.2) is 41.0 Å². The third-order valence-corrected chi connectivity index (χ3v) is 3.83. The first-order valence-electron chi connectivity index (χ1n) is 5.92. The van der Waals surface area contributed by atoms with E-state index in [-0.39, 0.29) is 5.82 Å². The number of hydrogen-bond acceptors (Lipinski definition) is 2. The maximum Gasteiger partial charge on any atom is 0.140 e. The molecule has 2 aromatic carbocycles. The Morgan fingerprint density at radius 1 is 1.30 bits per heavy atom. The summed E-state index contributed by atoms with van der Waals surface area (Å²) in [5.74, 6) is -0.344. The van der Waals surface area contributed by atoms with Crippen molar-refractivity contribution in [3.05, 3.63) is 52.4 Å². The summed E-state index contributed by atoms with van der Waals surface area (Å²) >= 11 is 3.37. The van der Waals surface area contributed by atoms with Crippen LogP contribution in [0.3, 0.4) is 0 Å². The molecule has 1 aromatic heterocycles. The van der Waals surface area contributed by atoms with Crippen LogP contribution >= 0.6 is 15.9 Å². The molecule has 3 nitrogen and oxygen atoms in total. The van der Waals surface area contributed by atoms with Gasteiger partial charge in [-0.1, -0.05) is 24.3 Å². The van der Waals surface area contributed by atoms with E-state index >= 15 is 0 Å². The maximum absolute atomic E-state index is 14.7. The standard InChI is InChI=1S/C15H9BrFN3/c1-20-15(13(16)8-19-20)12-6-9(7-18)10-4-2-3-5-11(10)14(12)17/h2-6,8H,1H3. The lowest BCUT2D eigenvalue weighted by Crippen LogP contribution is -1.98. The van der Waals surface area contributed by atoms with Gasteiger partial charge in [-0.2, -0.15) is 10.4 Å². The second-order valence-electron chi connectivity index (χ2n) is 4.41. The van der Waals surface area contributed by atoms with Gasteiger partial charge in [0.05, 0.1) is 28.0 Å². The third-order valence-electron chi connectivity index (χ3n) is 3.25. The van der Waals surface area contributed by atoms with Gasteiger partial charge in [0, 0.05) is 23.4 Å². The molecule has 0 bridgehead atoms. The zero-order chi connectivity index (χ0) is 14.3. The fourth-order valence-electron chi connectivity index (χ4n) is 2.32. The van der Waals surface area contributed by atoms with Crippen LogP contribution in [0.1, 0.15) is 5.56 Å². The molecule has 0 amide bonds. The fourth-order valence-corrected chi connectivity index (χ4v) is 2.88. The predicted molar refractivity (Wildman–Crippen MR) is 78.5 cm³/mol. The molecule has 0 saturated carbocycles. The van der Waals surface area contributed by atoms with E-state index in [1.54, 1.807) is 48.3 Å². The van der Waals surface area contributed by atoms with Crippen LogP contribution in [0.4, 0.5) is 4.39 Å². The lowest BCUT2D eigenvalue weighted by atomic mass is 9.99. The Morgan fingerprint density at radius 2 is 2.00 bits per heavy atom. The summed E-state index contributed by atoms with van der Waals surface area (Å²) in [6.45, 7) is 0. The minimum absolute atomic E-state index is 0.344. The average molecular weight is 330 g/mol. The van der Waals surface area contributed by atoms with Crippen LogP contribution in [0.5, 0.6) is 0 Å². The van der Waals surface area contributed by atoms with Crippen molar-refractivity contribution in [2.45, 2.75) is 0 Å². The van der Waals surface area contributed by atoms with E-state index in [0.717, 1.165) is 0 Å². The molecule has 0 aliphatic heterocycles. The molecule has 0 spiro atoms. The Kier molecular flexibility index (Phi) is 3.03. The topological polar surface area (TPSA) is 41.6 Å². The summed E-state index contributed by atoms with van der Waals surface area (Å²) < 4.78 is 17.0. The van der Waals surface area contributed by atoms with Gasteiger partial charge >= 0.3 is 0 Å². The molecule has 0 saturated heterocycles. The Balaban J connectivity index is 2.44. The highest BCUT2D eigenvalue weighted by atomic mass is 79.9. The third kappa shape index (κ3) is 1.81. The molecule has 0 fully saturated rings. The second kappa shape index (κ2) is 4.73. The molecule has 98 valence electrons. The molecule has 0 atom stereocenters. The summed E-state index contributed by atoms with van der Waals surface area (Å²) in [6, 6.07) is 10.7. The van der Waals surface area contributed by atoms with Crippen LogP contribution in [-0.2, 0) is 7.05 Å². The van der Waals surface area contributed by atoms with Crippen molar-refractivity contribution >= 4 is 26.7 Å². The SMILES string of the molecule is Cn1ncc(Br)c1-c1cc(C#N)c2ccccc2c1F. The van der Waals surface area contributed by atoms with Gasteiger partial charge < -0.3 is 0 Å². The number of aryl methyl sites for hydroxylation is 1. The van der Waals surface area contributed by atoms with Crippen molar-refractivity contribution in [3.8, 4) is 17.3 Å². The normalized spacial score (nSPS) is 10.7. The van der Waals surface area contributed by atoms with E-state index in [1.165, 1.54) is 0 Å². The van der Waals surface area contributed by atoms with Gasteiger partial charge in [0.25, 0.3) is 0 Å². The van der Waals surface area contributed by atoms with Crippen molar-refractivity contribution in [3.63, 3.8) is 0 Å². The van der Waals surface area contributed by atoms with Gasteiger partial charge in [-0.05, 0) is 22.0 Å².